The number of nitrogens with zero attached hydrogens (tertiary/aromatic N) is 3. The van der Waals surface area contributed by atoms with Crippen molar-refractivity contribution in [3.05, 3.63) is 114 Å². The van der Waals surface area contributed by atoms with Crippen LogP contribution in [0.4, 0.5) is 0 Å². The highest BCUT2D eigenvalue weighted by molar-refractivity contribution is 6.06. The molecule has 6 nitrogen and oxygen atoms in total. The molecule has 1 aliphatic heterocycles. The number of likely N-dealkylation sites (N-methyl/N-ethyl adjacent to an activating group) is 1. The minimum atomic E-state index is -0.494. The second kappa shape index (κ2) is 10.1. The van der Waals surface area contributed by atoms with Crippen LogP contribution in [0.1, 0.15) is 27.5 Å². The maximum Gasteiger partial charge on any atom is 0.256 e. The largest absolute Gasteiger partial charge is 0.358 e. The number of nitrogens with one attached hydrogen (secondary N) is 1. The van der Waals surface area contributed by atoms with Gasteiger partial charge in [0.05, 0.1) is 11.6 Å². The van der Waals surface area contributed by atoms with Gasteiger partial charge in [0.25, 0.3) is 5.91 Å². The van der Waals surface area contributed by atoms with Crippen LogP contribution in [0, 0.1) is 0 Å². The van der Waals surface area contributed by atoms with Gasteiger partial charge in [-0.15, -0.1) is 0 Å². The predicted molar refractivity (Wildman–Crippen MR) is 137 cm³/mol. The van der Waals surface area contributed by atoms with Gasteiger partial charge >= 0.3 is 0 Å². The van der Waals surface area contributed by atoms with Crippen LogP contribution < -0.4 is 5.32 Å². The third-order valence-corrected chi connectivity index (χ3v) is 6.72. The molecule has 0 spiro atoms. The van der Waals surface area contributed by atoms with Gasteiger partial charge < -0.3 is 10.2 Å². The molecule has 2 amide bonds. The number of rotatable bonds is 5. The van der Waals surface area contributed by atoms with Gasteiger partial charge in [0.15, 0.2) is 0 Å². The maximum absolute atomic E-state index is 13.6. The van der Waals surface area contributed by atoms with E-state index in [4.69, 9.17) is 0 Å². The van der Waals surface area contributed by atoms with Crippen molar-refractivity contribution in [3.63, 3.8) is 0 Å². The molecule has 0 unspecified atom stereocenters. The summed E-state index contributed by atoms with van der Waals surface area (Å²) in [6, 6.07) is 27.6. The molecule has 0 bridgehead atoms. The van der Waals surface area contributed by atoms with E-state index in [1.54, 1.807) is 24.3 Å². The number of aromatic nitrogens is 1. The van der Waals surface area contributed by atoms with Crippen LogP contribution in [-0.2, 0) is 4.79 Å². The first-order chi connectivity index (χ1) is 17.2. The summed E-state index contributed by atoms with van der Waals surface area (Å²) in [4.78, 5) is 35.1. The monoisotopic (exact) mass is 464 g/mol. The quantitative estimate of drug-likeness (QED) is 0.487. The molecule has 4 aromatic rings. The first kappa shape index (κ1) is 22.7. The highest BCUT2D eigenvalue weighted by atomic mass is 16.2. The Morgan fingerprint density at radius 1 is 0.857 bits per heavy atom. The molecule has 2 heterocycles. The van der Waals surface area contributed by atoms with Gasteiger partial charge in [0.1, 0.15) is 6.04 Å². The number of fused-ring (bicyclic) bond motifs is 1. The molecule has 176 valence electrons. The molecule has 0 saturated carbocycles. The van der Waals surface area contributed by atoms with E-state index in [0.29, 0.717) is 25.2 Å². The Morgan fingerprint density at radius 2 is 1.49 bits per heavy atom. The van der Waals surface area contributed by atoms with Crippen molar-refractivity contribution in [2.45, 2.75) is 12.1 Å². The first-order valence-electron chi connectivity index (χ1n) is 11.9. The molecular weight excluding hydrogens is 436 g/mol. The average Bonchev–Trinajstić information content (AvgIpc) is 2.93. The fourth-order valence-corrected chi connectivity index (χ4v) is 4.99. The van der Waals surface area contributed by atoms with E-state index >= 15 is 0 Å². The van der Waals surface area contributed by atoms with E-state index in [-0.39, 0.29) is 17.9 Å². The molecule has 1 N–H and O–H groups in total. The second-order valence-corrected chi connectivity index (χ2v) is 8.75. The summed E-state index contributed by atoms with van der Waals surface area (Å²) in [5, 5.41) is 4.62. The first-order valence-corrected chi connectivity index (χ1v) is 11.9. The van der Waals surface area contributed by atoms with Crippen molar-refractivity contribution in [2.24, 2.45) is 0 Å². The maximum atomic E-state index is 13.6. The highest BCUT2D eigenvalue weighted by Crippen LogP contribution is 2.32. The zero-order chi connectivity index (χ0) is 24.2. The number of carbonyl (C=O) groups is 2. The zero-order valence-electron chi connectivity index (χ0n) is 19.7. The van der Waals surface area contributed by atoms with Crippen LogP contribution in [-0.4, -0.2) is 59.3 Å². The molecule has 0 radical (unpaired) electrons. The van der Waals surface area contributed by atoms with E-state index in [2.05, 4.69) is 39.5 Å². The van der Waals surface area contributed by atoms with Crippen LogP contribution >= 0.6 is 0 Å². The van der Waals surface area contributed by atoms with Gasteiger partial charge in [-0.2, -0.15) is 0 Å². The van der Waals surface area contributed by atoms with E-state index < -0.39 is 6.04 Å². The number of hydrogen-bond donors (Lipinski definition) is 1. The third-order valence-electron chi connectivity index (χ3n) is 6.72. The fourth-order valence-electron chi connectivity index (χ4n) is 4.99. The molecule has 1 fully saturated rings. The Hall–Kier alpha value is -4.03. The molecule has 1 aliphatic rings. The van der Waals surface area contributed by atoms with Gasteiger partial charge in [-0.25, -0.2) is 0 Å². The van der Waals surface area contributed by atoms with Gasteiger partial charge in [-0.1, -0.05) is 84.9 Å². The van der Waals surface area contributed by atoms with Gasteiger partial charge in [0, 0.05) is 44.5 Å². The Kier molecular flexibility index (Phi) is 6.55. The zero-order valence-corrected chi connectivity index (χ0v) is 19.7. The number of benzene rings is 3. The van der Waals surface area contributed by atoms with Crippen LogP contribution in [0.25, 0.3) is 10.8 Å². The number of amides is 2. The lowest BCUT2D eigenvalue weighted by atomic mass is 9.94. The fraction of sp³-hybridized carbons (Fsp3) is 0.207. The molecule has 1 atom stereocenters. The van der Waals surface area contributed by atoms with Crippen molar-refractivity contribution < 1.29 is 9.59 Å². The summed E-state index contributed by atoms with van der Waals surface area (Å²) < 4.78 is 0. The SMILES string of the molecule is CNC(=O)[C@H]1CN(C(=O)c2cncc3ccccc23)CCN1C(c1ccccc1)c1ccccc1. The summed E-state index contributed by atoms with van der Waals surface area (Å²) in [5.74, 6) is -0.200. The minimum absolute atomic E-state index is 0.0983. The topological polar surface area (TPSA) is 65.5 Å². The van der Waals surface area contributed by atoms with Crippen LogP contribution in [0.15, 0.2) is 97.3 Å². The number of pyridine rings is 1. The lowest BCUT2D eigenvalue weighted by molar-refractivity contribution is -0.128. The summed E-state index contributed by atoms with van der Waals surface area (Å²) in [6.45, 7) is 1.39. The lowest BCUT2D eigenvalue weighted by Crippen LogP contribution is -2.60. The number of carbonyl (C=O) groups excluding carboxylic acids is 2. The van der Waals surface area contributed by atoms with E-state index in [1.165, 1.54) is 0 Å². The molecule has 35 heavy (non-hydrogen) atoms. The van der Waals surface area contributed by atoms with Crippen molar-refractivity contribution in [3.8, 4) is 0 Å². The van der Waals surface area contributed by atoms with Crippen LogP contribution in [0.2, 0.25) is 0 Å². The average molecular weight is 465 g/mol. The minimum Gasteiger partial charge on any atom is -0.358 e. The summed E-state index contributed by atoms with van der Waals surface area (Å²) >= 11 is 0. The van der Waals surface area contributed by atoms with Crippen molar-refractivity contribution in [1.29, 1.82) is 0 Å². The summed E-state index contributed by atoms with van der Waals surface area (Å²) in [7, 11) is 1.65. The molecular formula is C29H28N4O2. The Labute approximate surface area is 205 Å². The van der Waals surface area contributed by atoms with Crippen molar-refractivity contribution in [2.75, 3.05) is 26.7 Å². The highest BCUT2D eigenvalue weighted by Gasteiger charge is 2.39. The lowest BCUT2D eigenvalue weighted by Gasteiger charge is -2.44. The molecule has 1 aromatic heterocycles. The smallest absolute Gasteiger partial charge is 0.256 e. The summed E-state index contributed by atoms with van der Waals surface area (Å²) in [5.41, 5.74) is 2.80. The summed E-state index contributed by atoms with van der Waals surface area (Å²) in [6.07, 6.45) is 3.39. The normalized spacial score (nSPS) is 16.4. The Morgan fingerprint density at radius 3 is 2.14 bits per heavy atom. The van der Waals surface area contributed by atoms with E-state index in [0.717, 1.165) is 21.9 Å². The number of piperazine rings is 1. The van der Waals surface area contributed by atoms with E-state index in [1.807, 2.05) is 60.7 Å². The Balaban J connectivity index is 1.49. The second-order valence-electron chi connectivity index (χ2n) is 8.75. The molecule has 6 heteroatoms. The third kappa shape index (κ3) is 4.53. The van der Waals surface area contributed by atoms with Gasteiger partial charge in [-0.3, -0.25) is 19.5 Å². The molecule has 5 rings (SSSR count). The van der Waals surface area contributed by atoms with Gasteiger partial charge in [0.2, 0.25) is 5.91 Å². The van der Waals surface area contributed by atoms with Crippen molar-refractivity contribution >= 4 is 22.6 Å². The molecule has 1 saturated heterocycles. The predicted octanol–water partition coefficient (Wildman–Crippen LogP) is 3.90. The molecule has 0 aliphatic carbocycles. The van der Waals surface area contributed by atoms with Gasteiger partial charge in [-0.05, 0) is 16.5 Å². The molecule has 3 aromatic carbocycles. The number of hydrogen-bond acceptors (Lipinski definition) is 4. The standard InChI is InChI=1S/C29H28N4O2/c1-30-28(34)26-20-32(29(35)25-19-31-18-23-14-8-9-15-24(23)25)16-17-33(26)27(21-10-4-2-5-11-21)22-12-6-3-7-13-22/h2-15,18-19,26-27H,16-17,20H2,1H3,(H,30,34)/t26-/m1/s1. The Bertz CT molecular complexity index is 1280. The van der Waals surface area contributed by atoms with Crippen molar-refractivity contribution in [1.82, 2.24) is 20.1 Å². The van der Waals surface area contributed by atoms with E-state index in [9.17, 15) is 9.59 Å². The van der Waals surface area contributed by atoms with Crippen LogP contribution in [0.5, 0.6) is 0 Å². The van der Waals surface area contributed by atoms with Crippen LogP contribution in [0.3, 0.4) is 0 Å².